The van der Waals surface area contributed by atoms with Gasteiger partial charge in [0.25, 0.3) is 5.91 Å². The van der Waals surface area contributed by atoms with Crippen LogP contribution in [-0.4, -0.2) is 29.8 Å². The monoisotopic (exact) mass is 354 g/mol. The number of carboxylic acids is 1. The summed E-state index contributed by atoms with van der Waals surface area (Å²) in [5.41, 5.74) is 4.95. The van der Waals surface area contributed by atoms with Gasteiger partial charge in [-0.2, -0.15) is 5.10 Å². The van der Waals surface area contributed by atoms with E-state index in [-0.39, 0.29) is 11.3 Å². The van der Waals surface area contributed by atoms with Gasteiger partial charge in [-0.15, -0.1) is 0 Å². The Kier molecular flexibility index (Phi) is 6.11. The Labute approximate surface area is 152 Å². The average molecular weight is 354 g/mol. The van der Waals surface area contributed by atoms with Crippen LogP contribution in [-0.2, 0) is 10.2 Å². The van der Waals surface area contributed by atoms with Crippen LogP contribution in [0.3, 0.4) is 0 Å². The number of hydrogen-bond acceptors (Lipinski definition) is 4. The minimum atomic E-state index is -1.03. The molecule has 0 saturated heterocycles. The minimum Gasteiger partial charge on any atom is -0.482 e. The fourth-order valence-electron chi connectivity index (χ4n) is 2.15. The van der Waals surface area contributed by atoms with Crippen molar-refractivity contribution in [2.75, 3.05) is 6.61 Å². The predicted molar refractivity (Wildman–Crippen MR) is 99.8 cm³/mol. The number of benzene rings is 2. The summed E-state index contributed by atoms with van der Waals surface area (Å²) in [7, 11) is 0. The predicted octanol–water partition coefficient (Wildman–Crippen LogP) is 3.21. The van der Waals surface area contributed by atoms with Crippen LogP contribution in [0.15, 0.2) is 53.6 Å². The third-order valence-electron chi connectivity index (χ3n) is 3.64. The molecule has 136 valence electrons. The molecule has 0 radical (unpaired) electrons. The molecule has 6 heteroatoms. The Balaban J connectivity index is 1.91. The summed E-state index contributed by atoms with van der Waals surface area (Å²) in [5, 5.41) is 12.5. The number of carboxylic acid groups (broad SMARTS) is 1. The summed E-state index contributed by atoms with van der Waals surface area (Å²) in [6.07, 6.45) is 1.50. The number of rotatable bonds is 6. The molecular weight excluding hydrogens is 332 g/mol. The largest absolute Gasteiger partial charge is 0.482 e. The zero-order valence-electron chi connectivity index (χ0n) is 15.0. The maximum Gasteiger partial charge on any atom is 0.341 e. The number of hydrogen-bond donors (Lipinski definition) is 2. The molecule has 26 heavy (non-hydrogen) atoms. The van der Waals surface area contributed by atoms with Gasteiger partial charge in [0.05, 0.1) is 6.21 Å². The molecule has 0 unspecified atom stereocenters. The number of hydrazone groups is 1. The van der Waals surface area contributed by atoms with Crippen LogP contribution in [0.4, 0.5) is 0 Å². The lowest BCUT2D eigenvalue weighted by Crippen LogP contribution is -2.18. The molecule has 0 spiro atoms. The van der Waals surface area contributed by atoms with Gasteiger partial charge in [-0.05, 0) is 52.9 Å². The maximum absolute atomic E-state index is 12.1. The van der Waals surface area contributed by atoms with Crippen molar-refractivity contribution in [3.63, 3.8) is 0 Å². The fraction of sp³-hybridized carbons (Fsp3) is 0.250. The van der Waals surface area contributed by atoms with E-state index in [4.69, 9.17) is 9.84 Å². The molecule has 0 bridgehead atoms. The van der Waals surface area contributed by atoms with E-state index in [9.17, 15) is 9.59 Å². The molecule has 0 atom stereocenters. The molecule has 0 saturated carbocycles. The molecule has 0 aliphatic heterocycles. The Morgan fingerprint density at radius 2 is 1.69 bits per heavy atom. The van der Waals surface area contributed by atoms with E-state index in [0.29, 0.717) is 11.3 Å². The lowest BCUT2D eigenvalue weighted by molar-refractivity contribution is -0.139. The van der Waals surface area contributed by atoms with Crippen molar-refractivity contribution in [1.29, 1.82) is 0 Å². The first kappa shape index (κ1) is 19.2. The van der Waals surface area contributed by atoms with Crippen molar-refractivity contribution >= 4 is 18.1 Å². The lowest BCUT2D eigenvalue weighted by Gasteiger charge is -2.18. The van der Waals surface area contributed by atoms with E-state index in [1.807, 2.05) is 12.1 Å². The molecule has 0 aliphatic carbocycles. The van der Waals surface area contributed by atoms with Crippen LogP contribution in [0.5, 0.6) is 5.75 Å². The zero-order valence-corrected chi connectivity index (χ0v) is 15.0. The number of amides is 1. The number of carbonyl (C=O) groups excluding carboxylic acids is 1. The summed E-state index contributed by atoms with van der Waals surface area (Å²) >= 11 is 0. The van der Waals surface area contributed by atoms with Crippen LogP contribution in [0.1, 0.15) is 42.3 Å². The number of nitrogens with one attached hydrogen (secondary N) is 1. The Hall–Kier alpha value is -3.15. The molecule has 2 N–H and O–H groups in total. The highest BCUT2D eigenvalue weighted by atomic mass is 16.5. The Bertz CT molecular complexity index is 788. The van der Waals surface area contributed by atoms with Gasteiger partial charge >= 0.3 is 5.97 Å². The van der Waals surface area contributed by atoms with E-state index < -0.39 is 12.6 Å². The maximum atomic E-state index is 12.1. The van der Waals surface area contributed by atoms with Gasteiger partial charge in [-0.1, -0.05) is 32.9 Å². The minimum absolute atomic E-state index is 0.0352. The van der Waals surface area contributed by atoms with Gasteiger partial charge in [-0.3, -0.25) is 4.79 Å². The number of ether oxygens (including phenoxy) is 1. The standard InChI is InChI=1S/C20H22N2O4/c1-20(2,3)16-8-6-15(7-9-16)19(25)22-21-12-14-4-10-17(11-5-14)26-13-18(23)24/h4-12H,13H2,1-3H3,(H,22,25)(H,23,24)/b21-12-. The second-order valence-corrected chi connectivity index (χ2v) is 6.78. The molecule has 0 fully saturated rings. The molecule has 1 amide bonds. The number of carbonyl (C=O) groups is 2. The highest BCUT2D eigenvalue weighted by molar-refractivity contribution is 5.94. The first-order chi connectivity index (χ1) is 12.3. The van der Waals surface area contributed by atoms with Crippen molar-refractivity contribution in [2.45, 2.75) is 26.2 Å². The first-order valence-electron chi connectivity index (χ1n) is 8.14. The normalized spacial score (nSPS) is 11.3. The summed E-state index contributed by atoms with van der Waals surface area (Å²) in [5.74, 6) is -0.871. The van der Waals surface area contributed by atoms with Crippen LogP contribution < -0.4 is 10.2 Å². The van der Waals surface area contributed by atoms with Crippen molar-refractivity contribution in [2.24, 2.45) is 5.10 Å². The molecule has 6 nitrogen and oxygen atoms in total. The molecular formula is C20H22N2O4. The van der Waals surface area contributed by atoms with Crippen LogP contribution in [0.2, 0.25) is 0 Å². The van der Waals surface area contributed by atoms with E-state index >= 15 is 0 Å². The number of aliphatic carboxylic acids is 1. The second kappa shape index (κ2) is 8.29. The van der Waals surface area contributed by atoms with Crippen LogP contribution in [0.25, 0.3) is 0 Å². The van der Waals surface area contributed by atoms with E-state index in [2.05, 4.69) is 31.3 Å². The van der Waals surface area contributed by atoms with Gasteiger partial charge in [0, 0.05) is 5.56 Å². The molecule has 0 aromatic heterocycles. The van der Waals surface area contributed by atoms with E-state index in [0.717, 1.165) is 11.1 Å². The highest BCUT2D eigenvalue weighted by Crippen LogP contribution is 2.22. The molecule has 0 heterocycles. The smallest absolute Gasteiger partial charge is 0.341 e. The summed E-state index contributed by atoms with van der Waals surface area (Å²) < 4.78 is 5.04. The molecule has 2 aromatic rings. The Morgan fingerprint density at radius 1 is 1.08 bits per heavy atom. The summed E-state index contributed by atoms with van der Waals surface area (Å²) in [4.78, 5) is 22.5. The van der Waals surface area contributed by atoms with E-state index in [1.54, 1.807) is 36.4 Å². The van der Waals surface area contributed by atoms with Crippen LogP contribution >= 0.6 is 0 Å². The van der Waals surface area contributed by atoms with Gasteiger partial charge in [0.15, 0.2) is 6.61 Å². The lowest BCUT2D eigenvalue weighted by atomic mass is 9.87. The second-order valence-electron chi connectivity index (χ2n) is 6.78. The quantitative estimate of drug-likeness (QED) is 0.616. The first-order valence-corrected chi connectivity index (χ1v) is 8.14. The van der Waals surface area contributed by atoms with Crippen molar-refractivity contribution in [1.82, 2.24) is 5.43 Å². The molecule has 2 aromatic carbocycles. The van der Waals surface area contributed by atoms with Gasteiger partial charge in [-0.25, -0.2) is 10.2 Å². The van der Waals surface area contributed by atoms with Crippen molar-refractivity contribution in [3.8, 4) is 5.75 Å². The fourth-order valence-corrected chi connectivity index (χ4v) is 2.15. The highest BCUT2D eigenvalue weighted by Gasteiger charge is 2.14. The van der Waals surface area contributed by atoms with Crippen molar-refractivity contribution < 1.29 is 19.4 Å². The summed E-state index contributed by atoms with van der Waals surface area (Å²) in [6.45, 7) is 5.95. The third-order valence-corrected chi connectivity index (χ3v) is 3.64. The van der Waals surface area contributed by atoms with Crippen molar-refractivity contribution in [3.05, 3.63) is 65.2 Å². The van der Waals surface area contributed by atoms with Gasteiger partial charge < -0.3 is 9.84 Å². The third kappa shape index (κ3) is 5.73. The average Bonchev–Trinajstić information content (AvgIpc) is 2.60. The number of nitrogens with zero attached hydrogens (tertiary/aromatic N) is 1. The van der Waals surface area contributed by atoms with E-state index in [1.165, 1.54) is 6.21 Å². The van der Waals surface area contributed by atoms with Gasteiger partial charge in [0.2, 0.25) is 0 Å². The SMILES string of the molecule is CC(C)(C)c1ccc(C(=O)N/N=C\c2ccc(OCC(=O)O)cc2)cc1. The zero-order chi connectivity index (χ0) is 19.2. The topological polar surface area (TPSA) is 88.0 Å². The van der Waals surface area contributed by atoms with Gasteiger partial charge in [0.1, 0.15) is 5.75 Å². The molecule has 2 rings (SSSR count). The summed E-state index contributed by atoms with van der Waals surface area (Å²) in [6, 6.07) is 14.1. The Morgan fingerprint density at radius 3 is 2.23 bits per heavy atom. The van der Waals surface area contributed by atoms with Crippen LogP contribution in [0, 0.1) is 0 Å². The molecule has 0 aliphatic rings.